The number of amides is 1. The number of nitrogens with zero attached hydrogens (tertiary/aromatic N) is 2. The summed E-state index contributed by atoms with van der Waals surface area (Å²) in [7, 11) is -3.84. The van der Waals surface area contributed by atoms with Gasteiger partial charge in [0.1, 0.15) is 0 Å². The fourth-order valence-electron chi connectivity index (χ4n) is 2.43. The zero-order valence-corrected chi connectivity index (χ0v) is 16.9. The third-order valence-electron chi connectivity index (χ3n) is 3.65. The fraction of sp³-hybridized carbons (Fsp3) is 0.0588. The van der Waals surface area contributed by atoms with Gasteiger partial charge >= 0.3 is 0 Å². The van der Waals surface area contributed by atoms with Gasteiger partial charge in [0, 0.05) is 11.6 Å². The Bertz CT molecular complexity index is 1240. The largest absolute Gasteiger partial charge is 0.312 e. The van der Waals surface area contributed by atoms with E-state index in [0.29, 0.717) is 26.6 Å². The highest BCUT2D eigenvalue weighted by atomic mass is 35.5. The number of hydrogen-bond donors (Lipinski definition) is 1. The van der Waals surface area contributed by atoms with Crippen molar-refractivity contribution in [3.63, 3.8) is 0 Å². The van der Waals surface area contributed by atoms with Gasteiger partial charge in [-0.15, -0.1) is 6.58 Å². The van der Waals surface area contributed by atoms with E-state index < -0.39 is 15.9 Å². The predicted molar refractivity (Wildman–Crippen MR) is 108 cm³/mol. The van der Waals surface area contributed by atoms with Crippen LogP contribution in [0.4, 0.5) is 0 Å². The van der Waals surface area contributed by atoms with E-state index in [1.807, 2.05) is 0 Å². The van der Waals surface area contributed by atoms with Gasteiger partial charge in [-0.05, 0) is 36.4 Å². The maximum Gasteiger partial charge on any atom is 0.281 e. The summed E-state index contributed by atoms with van der Waals surface area (Å²) in [6, 6.07) is 9.01. The summed E-state index contributed by atoms with van der Waals surface area (Å²) in [5, 5.41) is 5.79. The normalized spacial score (nSPS) is 12.5. The van der Waals surface area contributed by atoms with Crippen LogP contribution in [0.1, 0.15) is 10.4 Å². The van der Waals surface area contributed by atoms with Crippen LogP contribution in [0.3, 0.4) is 0 Å². The number of nitrogens with two attached hydrogens (primary N) is 1. The van der Waals surface area contributed by atoms with E-state index in [1.165, 1.54) is 24.3 Å². The zero-order valence-electron chi connectivity index (χ0n) is 13.7. The van der Waals surface area contributed by atoms with Crippen molar-refractivity contribution < 1.29 is 13.2 Å². The Morgan fingerprint density at radius 1 is 1.26 bits per heavy atom. The van der Waals surface area contributed by atoms with Gasteiger partial charge in [-0.3, -0.25) is 4.79 Å². The van der Waals surface area contributed by atoms with Gasteiger partial charge in [-0.2, -0.15) is 4.99 Å². The summed E-state index contributed by atoms with van der Waals surface area (Å²) < 4.78 is 25.5. The molecular formula is C17H13Cl2N3O3S2. The number of rotatable bonds is 4. The highest BCUT2D eigenvalue weighted by Gasteiger charge is 2.14. The van der Waals surface area contributed by atoms with E-state index in [0.717, 1.165) is 11.3 Å². The Labute approximate surface area is 169 Å². The molecule has 0 fully saturated rings. The fourth-order valence-corrected chi connectivity index (χ4v) is 4.49. The molecule has 1 heterocycles. The molecule has 0 unspecified atom stereocenters. The number of benzene rings is 2. The summed E-state index contributed by atoms with van der Waals surface area (Å²) in [6.45, 7) is 4.09. The molecule has 2 N–H and O–H groups in total. The molecule has 6 nitrogen and oxygen atoms in total. The molecule has 3 rings (SSSR count). The molecule has 0 aliphatic carbocycles. The average molecular weight is 442 g/mol. The highest BCUT2D eigenvalue weighted by molar-refractivity contribution is 7.89. The summed E-state index contributed by atoms with van der Waals surface area (Å²) >= 11 is 13.2. The van der Waals surface area contributed by atoms with Crippen molar-refractivity contribution in [1.82, 2.24) is 4.57 Å². The van der Waals surface area contributed by atoms with Crippen molar-refractivity contribution in [2.75, 3.05) is 0 Å². The van der Waals surface area contributed by atoms with Crippen LogP contribution in [0.15, 0.2) is 58.9 Å². The van der Waals surface area contributed by atoms with Crippen LogP contribution >= 0.6 is 34.5 Å². The van der Waals surface area contributed by atoms with Crippen LogP contribution in [0, 0.1) is 0 Å². The van der Waals surface area contributed by atoms with E-state index in [1.54, 1.807) is 22.8 Å². The first kappa shape index (κ1) is 19.8. The molecule has 1 amide bonds. The molecule has 0 aliphatic heterocycles. The highest BCUT2D eigenvalue weighted by Crippen LogP contribution is 2.23. The smallest absolute Gasteiger partial charge is 0.281 e. The minimum atomic E-state index is -3.84. The first-order valence-electron chi connectivity index (χ1n) is 7.52. The Balaban J connectivity index is 2.21. The molecule has 0 saturated carbocycles. The van der Waals surface area contributed by atoms with Gasteiger partial charge in [-0.25, -0.2) is 13.6 Å². The van der Waals surface area contributed by atoms with E-state index in [-0.39, 0.29) is 15.5 Å². The number of fused-ring (bicyclic) bond motifs is 1. The Morgan fingerprint density at radius 3 is 2.67 bits per heavy atom. The molecule has 0 bridgehead atoms. The summed E-state index contributed by atoms with van der Waals surface area (Å²) in [4.78, 5) is 17.1. The van der Waals surface area contributed by atoms with Crippen LogP contribution in [0.5, 0.6) is 0 Å². The second-order valence-corrected chi connectivity index (χ2v) is 8.91. The number of halogens is 2. The molecule has 0 spiro atoms. The Kier molecular flexibility index (Phi) is 5.55. The van der Waals surface area contributed by atoms with E-state index >= 15 is 0 Å². The lowest BCUT2D eigenvalue weighted by atomic mass is 10.2. The van der Waals surface area contributed by atoms with Crippen LogP contribution < -0.4 is 9.94 Å². The topological polar surface area (TPSA) is 94.5 Å². The van der Waals surface area contributed by atoms with Crippen molar-refractivity contribution in [2.45, 2.75) is 11.4 Å². The number of sulfonamides is 1. The number of hydrogen-bond acceptors (Lipinski definition) is 4. The van der Waals surface area contributed by atoms with Crippen LogP contribution in [-0.4, -0.2) is 18.9 Å². The number of carbonyl (C=O) groups is 1. The molecule has 0 atom stereocenters. The summed E-state index contributed by atoms with van der Waals surface area (Å²) in [6.07, 6.45) is 1.65. The SMILES string of the molecule is C=CCn1c(=NC(=O)c2cc(Cl)ccc2Cl)sc2cc(S(N)(=O)=O)ccc21. The molecule has 140 valence electrons. The second-order valence-electron chi connectivity index (χ2n) is 5.50. The van der Waals surface area contributed by atoms with E-state index in [2.05, 4.69) is 11.6 Å². The number of primary sulfonamides is 1. The molecule has 1 aromatic heterocycles. The van der Waals surface area contributed by atoms with Gasteiger partial charge in [0.05, 0.1) is 25.7 Å². The van der Waals surface area contributed by atoms with E-state index in [9.17, 15) is 13.2 Å². The van der Waals surface area contributed by atoms with Gasteiger partial charge in [0.15, 0.2) is 4.80 Å². The van der Waals surface area contributed by atoms with Gasteiger partial charge < -0.3 is 4.57 Å². The van der Waals surface area contributed by atoms with Crippen molar-refractivity contribution in [3.8, 4) is 0 Å². The van der Waals surface area contributed by atoms with Gasteiger partial charge in [-0.1, -0.05) is 40.6 Å². The van der Waals surface area contributed by atoms with Crippen LogP contribution in [-0.2, 0) is 16.6 Å². The molecule has 10 heteroatoms. The quantitative estimate of drug-likeness (QED) is 0.626. The maximum absolute atomic E-state index is 12.6. The third-order valence-corrected chi connectivity index (χ3v) is 6.17. The molecule has 2 aromatic carbocycles. The molecule has 27 heavy (non-hydrogen) atoms. The maximum atomic E-state index is 12.6. The average Bonchev–Trinajstić information content (AvgIpc) is 2.93. The van der Waals surface area contributed by atoms with Crippen molar-refractivity contribution in [1.29, 1.82) is 0 Å². The Morgan fingerprint density at radius 2 is 2.00 bits per heavy atom. The standard InChI is InChI=1S/C17H13Cl2N3O3S2/c1-2-7-22-14-6-4-11(27(20,24)25)9-15(14)26-17(22)21-16(23)12-8-10(18)3-5-13(12)19/h2-6,8-9H,1,7H2,(H2,20,24,25). The molecule has 0 saturated heterocycles. The molecule has 0 radical (unpaired) electrons. The predicted octanol–water partition coefficient (Wildman–Crippen LogP) is 3.58. The lowest BCUT2D eigenvalue weighted by Gasteiger charge is -2.03. The lowest BCUT2D eigenvalue weighted by molar-refractivity contribution is 0.0998. The number of allylic oxidation sites excluding steroid dienone is 1. The lowest BCUT2D eigenvalue weighted by Crippen LogP contribution is -2.16. The third kappa shape index (κ3) is 4.15. The van der Waals surface area contributed by atoms with Crippen LogP contribution in [0.25, 0.3) is 10.2 Å². The van der Waals surface area contributed by atoms with Gasteiger partial charge in [0.25, 0.3) is 5.91 Å². The number of carbonyl (C=O) groups excluding carboxylic acids is 1. The first-order valence-corrected chi connectivity index (χ1v) is 10.6. The zero-order chi connectivity index (χ0) is 19.8. The van der Waals surface area contributed by atoms with Crippen LogP contribution in [0.2, 0.25) is 10.0 Å². The first-order chi connectivity index (χ1) is 12.7. The summed E-state index contributed by atoms with van der Waals surface area (Å²) in [5.41, 5.74) is 0.882. The van der Waals surface area contributed by atoms with Crippen molar-refractivity contribution in [3.05, 3.63) is 69.5 Å². The van der Waals surface area contributed by atoms with Gasteiger partial charge in [0.2, 0.25) is 10.0 Å². The minimum Gasteiger partial charge on any atom is -0.312 e. The van der Waals surface area contributed by atoms with Crippen molar-refractivity contribution >= 4 is 60.7 Å². The molecular weight excluding hydrogens is 429 g/mol. The number of thiazole rings is 1. The molecule has 3 aromatic rings. The Hall–Kier alpha value is -1.97. The minimum absolute atomic E-state index is 0.0160. The second kappa shape index (κ2) is 7.57. The molecule has 0 aliphatic rings. The van der Waals surface area contributed by atoms with Crippen molar-refractivity contribution in [2.24, 2.45) is 10.1 Å². The number of aromatic nitrogens is 1. The summed E-state index contributed by atoms with van der Waals surface area (Å²) in [5.74, 6) is -0.557. The van der Waals surface area contributed by atoms with E-state index in [4.69, 9.17) is 28.3 Å². The monoisotopic (exact) mass is 441 g/mol.